The van der Waals surface area contributed by atoms with Crippen LogP contribution in [0.15, 0.2) is 97.2 Å². The van der Waals surface area contributed by atoms with Gasteiger partial charge in [0.25, 0.3) is 0 Å². The molecule has 0 aliphatic heterocycles. The van der Waals surface area contributed by atoms with Gasteiger partial charge in [-0.25, -0.2) is 0 Å². The van der Waals surface area contributed by atoms with Crippen molar-refractivity contribution in [1.29, 1.82) is 0 Å². The van der Waals surface area contributed by atoms with Crippen molar-refractivity contribution < 1.29 is 28.6 Å². The lowest BCUT2D eigenvalue weighted by Crippen LogP contribution is -2.30. The first-order valence-electron chi connectivity index (χ1n) is 29.2. The van der Waals surface area contributed by atoms with E-state index in [9.17, 15) is 14.4 Å². The molecular formula is C64H108O6. The monoisotopic (exact) mass is 973 g/mol. The molecule has 6 nitrogen and oxygen atoms in total. The van der Waals surface area contributed by atoms with Crippen LogP contribution in [0.3, 0.4) is 0 Å². The highest BCUT2D eigenvalue weighted by Gasteiger charge is 2.19. The van der Waals surface area contributed by atoms with Crippen molar-refractivity contribution in [3.8, 4) is 0 Å². The van der Waals surface area contributed by atoms with Crippen molar-refractivity contribution >= 4 is 17.9 Å². The lowest BCUT2D eigenvalue weighted by Gasteiger charge is -2.18. The number of esters is 3. The number of hydrogen-bond acceptors (Lipinski definition) is 6. The Hall–Kier alpha value is -3.67. The predicted molar refractivity (Wildman–Crippen MR) is 302 cm³/mol. The maximum Gasteiger partial charge on any atom is 0.306 e. The molecule has 6 heteroatoms. The highest BCUT2D eigenvalue weighted by molar-refractivity contribution is 5.71. The molecule has 0 radical (unpaired) electrons. The number of carbonyl (C=O) groups is 3. The number of unbranched alkanes of at least 4 members (excludes halogenated alkanes) is 25. The molecule has 0 N–H and O–H groups in total. The first-order chi connectivity index (χ1) is 34.5. The molecule has 0 amide bonds. The Morgan fingerprint density at radius 3 is 0.871 bits per heavy atom. The number of rotatable bonds is 52. The molecule has 1 atom stereocenters. The van der Waals surface area contributed by atoms with Crippen molar-refractivity contribution in [2.45, 2.75) is 277 Å². The maximum absolute atomic E-state index is 12.8. The van der Waals surface area contributed by atoms with E-state index < -0.39 is 6.10 Å². The van der Waals surface area contributed by atoms with Crippen LogP contribution in [0.2, 0.25) is 0 Å². The number of allylic oxidation sites excluding steroid dienone is 16. The molecule has 0 aliphatic carbocycles. The summed E-state index contributed by atoms with van der Waals surface area (Å²) in [6.07, 6.45) is 77.0. The Morgan fingerprint density at radius 1 is 0.300 bits per heavy atom. The lowest BCUT2D eigenvalue weighted by molar-refractivity contribution is -0.167. The summed E-state index contributed by atoms with van der Waals surface area (Å²) in [5.41, 5.74) is 0. The molecule has 0 heterocycles. The van der Waals surface area contributed by atoms with Crippen LogP contribution >= 0.6 is 0 Å². The molecule has 0 saturated heterocycles. The van der Waals surface area contributed by atoms with Gasteiger partial charge in [-0.1, -0.05) is 253 Å². The van der Waals surface area contributed by atoms with Gasteiger partial charge in [0.05, 0.1) is 0 Å². The van der Waals surface area contributed by atoms with E-state index in [1.165, 1.54) is 116 Å². The van der Waals surface area contributed by atoms with Crippen LogP contribution in [0.5, 0.6) is 0 Å². The van der Waals surface area contributed by atoms with E-state index in [0.29, 0.717) is 19.3 Å². The Bertz CT molecular complexity index is 1400. The minimum absolute atomic E-state index is 0.0808. The molecule has 400 valence electrons. The van der Waals surface area contributed by atoms with E-state index in [0.717, 1.165) is 116 Å². The average Bonchev–Trinajstić information content (AvgIpc) is 3.36. The molecule has 0 bridgehead atoms. The molecule has 1 unspecified atom stereocenters. The van der Waals surface area contributed by atoms with E-state index >= 15 is 0 Å². The van der Waals surface area contributed by atoms with Gasteiger partial charge in [-0.3, -0.25) is 14.4 Å². The summed E-state index contributed by atoms with van der Waals surface area (Å²) in [4.78, 5) is 38.0. The quantitative estimate of drug-likeness (QED) is 0.0262. The zero-order valence-electron chi connectivity index (χ0n) is 45.8. The summed E-state index contributed by atoms with van der Waals surface area (Å²) in [7, 11) is 0. The zero-order chi connectivity index (χ0) is 50.7. The van der Waals surface area contributed by atoms with Crippen LogP contribution in [0.25, 0.3) is 0 Å². The average molecular weight is 974 g/mol. The summed E-state index contributed by atoms with van der Waals surface area (Å²) >= 11 is 0. The Balaban J connectivity index is 4.20. The van der Waals surface area contributed by atoms with Gasteiger partial charge in [0.1, 0.15) is 13.2 Å². The molecular weight excluding hydrogens is 865 g/mol. The molecule has 0 aliphatic rings. The third-order valence-corrected chi connectivity index (χ3v) is 12.3. The summed E-state index contributed by atoms with van der Waals surface area (Å²) in [5, 5.41) is 0. The smallest absolute Gasteiger partial charge is 0.306 e. The van der Waals surface area contributed by atoms with Gasteiger partial charge in [0, 0.05) is 19.3 Å². The van der Waals surface area contributed by atoms with Gasteiger partial charge in [-0.15, -0.1) is 0 Å². The van der Waals surface area contributed by atoms with E-state index in [-0.39, 0.29) is 31.1 Å². The van der Waals surface area contributed by atoms with E-state index in [2.05, 4.69) is 118 Å². The van der Waals surface area contributed by atoms with Gasteiger partial charge in [-0.05, 0) is 96.3 Å². The topological polar surface area (TPSA) is 78.9 Å². The van der Waals surface area contributed by atoms with Crippen LogP contribution in [0.4, 0.5) is 0 Å². The summed E-state index contributed by atoms with van der Waals surface area (Å²) in [5.74, 6) is -0.895. The minimum Gasteiger partial charge on any atom is -0.462 e. The molecule has 0 aromatic heterocycles. The van der Waals surface area contributed by atoms with Crippen molar-refractivity contribution in [3.05, 3.63) is 97.2 Å². The molecule has 70 heavy (non-hydrogen) atoms. The number of carbonyl (C=O) groups excluding carboxylic acids is 3. The highest BCUT2D eigenvalue weighted by atomic mass is 16.6. The van der Waals surface area contributed by atoms with Crippen LogP contribution in [0.1, 0.15) is 271 Å². The Morgan fingerprint density at radius 2 is 0.557 bits per heavy atom. The molecule has 0 saturated carbocycles. The fourth-order valence-electron chi connectivity index (χ4n) is 8.01. The molecule has 0 fully saturated rings. The number of hydrogen-bond donors (Lipinski definition) is 0. The van der Waals surface area contributed by atoms with Crippen LogP contribution < -0.4 is 0 Å². The second-order valence-electron chi connectivity index (χ2n) is 19.1. The molecule has 0 aromatic rings. The van der Waals surface area contributed by atoms with Crippen molar-refractivity contribution in [3.63, 3.8) is 0 Å². The zero-order valence-corrected chi connectivity index (χ0v) is 45.8. The van der Waals surface area contributed by atoms with Crippen LogP contribution in [0, 0.1) is 0 Å². The van der Waals surface area contributed by atoms with Gasteiger partial charge >= 0.3 is 17.9 Å². The Kier molecular flexibility index (Phi) is 54.9. The van der Waals surface area contributed by atoms with Gasteiger partial charge in [0.2, 0.25) is 0 Å². The fraction of sp³-hybridized carbons (Fsp3) is 0.703. The Labute approximate surface area is 432 Å². The summed E-state index contributed by atoms with van der Waals surface area (Å²) in [6, 6.07) is 0. The molecule has 0 rings (SSSR count). The van der Waals surface area contributed by atoms with Crippen molar-refractivity contribution in [1.82, 2.24) is 0 Å². The van der Waals surface area contributed by atoms with Gasteiger partial charge < -0.3 is 14.2 Å². The van der Waals surface area contributed by atoms with Crippen molar-refractivity contribution in [2.75, 3.05) is 13.2 Å². The molecule has 0 spiro atoms. The first-order valence-corrected chi connectivity index (χ1v) is 29.2. The van der Waals surface area contributed by atoms with Crippen LogP contribution in [-0.2, 0) is 28.6 Å². The van der Waals surface area contributed by atoms with E-state index in [1.54, 1.807) is 0 Å². The first kappa shape index (κ1) is 66.3. The lowest BCUT2D eigenvalue weighted by atomic mass is 10.0. The standard InChI is InChI=1S/C64H108O6/c1-4-7-10-13-16-19-21-23-25-27-28-29-30-31-32-33-34-35-36-38-39-41-43-45-48-51-54-57-63(66)69-60-61(59-68-62(65)56-53-50-47-18-15-12-9-6-3)70-64(67)58-55-52-49-46-44-42-40-37-26-24-22-20-17-14-11-8-5-2/h7-8,10-11,16-17,19-20,23-26,28-29,31-32,61H,4-6,9,12-15,18,21-22,27,30,33-60H2,1-3H3/b10-7-,11-8-,19-16-,20-17-,25-23-,26-24-,29-28-,32-31-. The second kappa shape index (κ2) is 57.9. The van der Waals surface area contributed by atoms with Crippen molar-refractivity contribution in [2.24, 2.45) is 0 Å². The fourth-order valence-corrected chi connectivity index (χ4v) is 8.01. The normalized spacial score (nSPS) is 12.8. The molecule has 0 aromatic carbocycles. The highest BCUT2D eigenvalue weighted by Crippen LogP contribution is 2.15. The summed E-state index contributed by atoms with van der Waals surface area (Å²) in [6.45, 7) is 6.38. The SMILES string of the molecule is CC/C=C\C/C=C\C/C=C\C/C=C\C/C=C\CCCCCCCCCCCCCC(=O)OCC(COC(=O)CCCCCCCCCC)OC(=O)CCCCCCCCC/C=C\C/C=C\C/C=C\CC. The van der Waals surface area contributed by atoms with E-state index in [4.69, 9.17) is 14.2 Å². The maximum atomic E-state index is 12.8. The number of ether oxygens (including phenoxy) is 3. The van der Waals surface area contributed by atoms with E-state index in [1.807, 2.05) is 0 Å². The third kappa shape index (κ3) is 55.3. The third-order valence-electron chi connectivity index (χ3n) is 12.3. The van der Waals surface area contributed by atoms with Crippen LogP contribution in [-0.4, -0.2) is 37.2 Å². The predicted octanol–water partition coefficient (Wildman–Crippen LogP) is 19.7. The second-order valence-corrected chi connectivity index (χ2v) is 19.1. The van der Waals surface area contributed by atoms with Gasteiger partial charge in [0.15, 0.2) is 6.10 Å². The van der Waals surface area contributed by atoms with Gasteiger partial charge in [-0.2, -0.15) is 0 Å². The minimum atomic E-state index is -0.782. The largest absolute Gasteiger partial charge is 0.462 e. The summed E-state index contributed by atoms with van der Waals surface area (Å²) < 4.78 is 16.8.